The first-order valence-electron chi connectivity index (χ1n) is 8.45. The molecule has 2 heterocycles. The number of carbonyl (C=O) groups excluding carboxylic acids is 1. The van der Waals surface area contributed by atoms with E-state index < -0.39 is 0 Å². The average molecular weight is 307 g/mol. The lowest BCUT2D eigenvalue weighted by Gasteiger charge is -2.34. The number of aryl methyl sites for hydroxylation is 1. The second kappa shape index (κ2) is 7.72. The van der Waals surface area contributed by atoms with Gasteiger partial charge in [-0.3, -0.25) is 4.79 Å². The molecule has 6 heteroatoms. The summed E-state index contributed by atoms with van der Waals surface area (Å²) in [6, 6.07) is 0.472. The molecule has 1 aliphatic heterocycles. The van der Waals surface area contributed by atoms with E-state index >= 15 is 0 Å². The Morgan fingerprint density at radius 1 is 1.36 bits per heavy atom. The Morgan fingerprint density at radius 3 is 2.64 bits per heavy atom. The summed E-state index contributed by atoms with van der Waals surface area (Å²) in [7, 11) is 0. The fraction of sp³-hybridized carbons (Fsp3) is 0.812. The van der Waals surface area contributed by atoms with Crippen molar-refractivity contribution in [1.29, 1.82) is 0 Å². The van der Waals surface area contributed by atoms with Gasteiger partial charge in [0.1, 0.15) is 12.2 Å². The number of amides is 1. The molecule has 1 aliphatic rings. The first-order valence-corrected chi connectivity index (χ1v) is 8.45. The van der Waals surface area contributed by atoms with E-state index in [1.54, 1.807) is 6.33 Å². The summed E-state index contributed by atoms with van der Waals surface area (Å²) in [6.45, 7) is 11.4. The maximum Gasteiger partial charge on any atom is 0.223 e. The minimum atomic E-state index is -0.0929. The molecule has 22 heavy (non-hydrogen) atoms. The minimum Gasteiger partial charge on any atom is -0.346 e. The van der Waals surface area contributed by atoms with E-state index in [0.717, 1.165) is 44.7 Å². The molecule has 0 aliphatic carbocycles. The molecule has 1 aromatic rings. The predicted octanol–water partition coefficient (Wildman–Crippen LogP) is 1.99. The zero-order valence-electron chi connectivity index (χ0n) is 14.2. The summed E-state index contributed by atoms with van der Waals surface area (Å²) in [4.78, 5) is 19.2. The van der Waals surface area contributed by atoms with E-state index in [1.165, 1.54) is 0 Å². The topological polar surface area (TPSA) is 63.1 Å². The summed E-state index contributed by atoms with van der Waals surface area (Å²) < 4.78 is 1.88. The van der Waals surface area contributed by atoms with E-state index in [9.17, 15) is 4.79 Å². The number of nitrogens with zero attached hydrogens (tertiary/aromatic N) is 4. The van der Waals surface area contributed by atoms with Crippen molar-refractivity contribution in [1.82, 2.24) is 25.0 Å². The number of nitrogens with one attached hydrogen (secondary N) is 1. The molecule has 0 radical (unpaired) electrons. The van der Waals surface area contributed by atoms with Crippen LogP contribution in [0.5, 0.6) is 0 Å². The highest BCUT2D eigenvalue weighted by atomic mass is 16.2. The zero-order valence-corrected chi connectivity index (χ0v) is 14.2. The molecule has 1 amide bonds. The third-order valence-corrected chi connectivity index (χ3v) is 4.46. The predicted molar refractivity (Wildman–Crippen MR) is 86.3 cm³/mol. The van der Waals surface area contributed by atoms with Crippen LogP contribution in [0.25, 0.3) is 0 Å². The highest BCUT2D eigenvalue weighted by molar-refractivity contribution is 5.79. The molecule has 1 saturated heterocycles. The van der Waals surface area contributed by atoms with E-state index in [-0.39, 0.29) is 17.9 Å². The van der Waals surface area contributed by atoms with Crippen molar-refractivity contribution < 1.29 is 4.79 Å². The lowest BCUT2D eigenvalue weighted by Crippen LogP contribution is -2.43. The maximum atomic E-state index is 12.5. The first-order chi connectivity index (χ1) is 10.5. The van der Waals surface area contributed by atoms with Crippen LogP contribution in [-0.2, 0) is 11.3 Å². The van der Waals surface area contributed by atoms with E-state index in [4.69, 9.17) is 0 Å². The largest absolute Gasteiger partial charge is 0.346 e. The van der Waals surface area contributed by atoms with Gasteiger partial charge < -0.3 is 10.2 Å². The monoisotopic (exact) mass is 307 g/mol. The third-order valence-electron chi connectivity index (χ3n) is 4.46. The Bertz CT molecular complexity index is 477. The fourth-order valence-corrected chi connectivity index (χ4v) is 3.07. The summed E-state index contributed by atoms with van der Waals surface area (Å²) >= 11 is 0. The Kier molecular flexibility index (Phi) is 5.94. The number of carbonyl (C=O) groups is 1. The smallest absolute Gasteiger partial charge is 0.223 e. The molecule has 1 atom stereocenters. The molecule has 0 spiro atoms. The minimum absolute atomic E-state index is 0.0929. The van der Waals surface area contributed by atoms with Gasteiger partial charge in [-0.2, -0.15) is 5.10 Å². The molecule has 2 rings (SSSR count). The number of rotatable bonds is 6. The quantitative estimate of drug-likeness (QED) is 0.873. The molecule has 1 aromatic heterocycles. The van der Waals surface area contributed by atoms with Gasteiger partial charge in [-0.1, -0.05) is 6.92 Å². The number of hydrogen-bond acceptors (Lipinski definition) is 4. The van der Waals surface area contributed by atoms with E-state index in [1.807, 2.05) is 11.6 Å². The molecule has 0 bridgehead atoms. The molecule has 0 saturated carbocycles. The van der Waals surface area contributed by atoms with Crippen LogP contribution in [0.4, 0.5) is 0 Å². The highest BCUT2D eigenvalue weighted by Crippen LogP contribution is 2.20. The van der Waals surface area contributed by atoms with Crippen LogP contribution in [0.1, 0.15) is 58.8 Å². The van der Waals surface area contributed by atoms with Gasteiger partial charge in [-0.05, 0) is 53.1 Å². The molecule has 0 aromatic carbocycles. The summed E-state index contributed by atoms with van der Waals surface area (Å²) in [5.41, 5.74) is 0. The average Bonchev–Trinajstić information content (AvgIpc) is 2.96. The molecular weight excluding hydrogens is 278 g/mol. The van der Waals surface area contributed by atoms with E-state index in [2.05, 4.69) is 41.1 Å². The Hall–Kier alpha value is -1.43. The summed E-state index contributed by atoms with van der Waals surface area (Å²) in [5, 5.41) is 7.34. The van der Waals surface area contributed by atoms with Crippen molar-refractivity contribution in [2.24, 2.45) is 5.92 Å². The second-order valence-electron chi connectivity index (χ2n) is 6.48. The van der Waals surface area contributed by atoms with Crippen molar-refractivity contribution in [3.8, 4) is 0 Å². The lowest BCUT2D eigenvalue weighted by atomic mass is 9.95. The van der Waals surface area contributed by atoms with Gasteiger partial charge in [0.2, 0.25) is 5.91 Å². The van der Waals surface area contributed by atoms with Crippen molar-refractivity contribution >= 4 is 5.91 Å². The van der Waals surface area contributed by atoms with Gasteiger partial charge in [0.15, 0.2) is 0 Å². The molecule has 6 nitrogen and oxygen atoms in total. The molecular formula is C16H29N5O. The van der Waals surface area contributed by atoms with Crippen LogP contribution >= 0.6 is 0 Å². The molecule has 1 fully saturated rings. The van der Waals surface area contributed by atoms with Crippen molar-refractivity contribution in [2.75, 3.05) is 13.1 Å². The van der Waals surface area contributed by atoms with Gasteiger partial charge in [-0.15, -0.1) is 0 Å². The standard InChI is InChI=1S/C16H29N5O/c1-5-8-21-15(17-11-18-21)13(4)19-16(22)14-6-9-20(10-7-14)12(2)3/h11-14H,5-10H2,1-4H3,(H,19,22)/t13-/m0/s1. The zero-order chi connectivity index (χ0) is 16.1. The molecule has 124 valence electrons. The SMILES string of the molecule is CCCn1ncnc1[C@H](C)NC(=O)C1CCN(C(C)C)CC1. The number of piperidine rings is 1. The van der Waals surface area contributed by atoms with Crippen molar-refractivity contribution in [3.63, 3.8) is 0 Å². The van der Waals surface area contributed by atoms with Gasteiger partial charge in [0, 0.05) is 18.5 Å². The van der Waals surface area contributed by atoms with Crippen LogP contribution in [0.3, 0.4) is 0 Å². The van der Waals surface area contributed by atoms with Crippen molar-refractivity contribution in [2.45, 2.75) is 65.6 Å². The van der Waals surface area contributed by atoms with E-state index in [0.29, 0.717) is 6.04 Å². The van der Waals surface area contributed by atoms with Crippen LogP contribution < -0.4 is 5.32 Å². The third kappa shape index (κ3) is 4.06. The van der Waals surface area contributed by atoms with Gasteiger partial charge in [0.25, 0.3) is 0 Å². The Morgan fingerprint density at radius 2 is 2.05 bits per heavy atom. The van der Waals surface area contributed by atoms with Gasteiger partial charge in [-0.25, -0.2) is 9.67 Å². The van der Waals surface area contributed by atoms with Gasteiger partial charge in [0.05, 0.1) is 6.04 Å². The summed E-state index contributed by atoms with van der Waals surface area (Å²) in [5.74, 6) is 1.12. The number of likely N-dealkylation sites (tertiary alicyclic amines) is 1. The first kappa shape index (κ1) is 16.9. The lowest BCUT2D eigenvalue weighted by molar-refractivity contribution is -0.127. The number of hydrogen-bond donors (Lipinski definition) is 1. The van der Waals surface area contributed by atoms with Crippen LogP contribution in [0.15, 0.2) is 6.33 Å². The second-order valence-corrected chi connectivity index (χ2v) is 6.48. The fourth-order valence-electron chi connectivity index (χ4n) is 3.07. The molecule has 0 unspecified atom stereocenters. The van der Waals surface area contributed by atoms with Gasteiger partial charge >= 0.3 is 0 Å². The van der Waals surface area contributed by atoms with Crippen LogP contribution in [0.2, 0.25) is 0 Å². The van der Waals surface area contributed by atoms with Crippen LogP contribution in [0, 0.1) is 5.92 Å². The Labute approximate surface area is 133 Å². The normalized spacial score (nSPS) is 18.6. The highest BCUT2D eigenvalue weighted by Gasteiger charge is 2.27. The van der Waals surface area contributed by atoms with Crippen LogP contribution in [-0.4, -0.2) is 44.7 Å². The molecule has 1 N–H and O–H groups in total. The maximum absolute atomic E-state index is 12.5. The number of aromatic nitrogens is 3. The Balaban J connectivity index is 1.88. The summed E-state index contributed by atoms with van der Waals surface area (Å²) in [6.07, 6.45) is 4.45. The van der Waals surface area contributed by atoms with Crippen molar-refractivity contribution in [3.05, 3.63) is 12.2 Å².